The highest BCUT2D eigenvalue weighted by Gasteiger charge is 2.22. The van der Waals surface area contributed by atoms with E-state index in [9.17, 15) is 13.5 Å². The van der Waals surface area contributed by atoms with Gasteiger partial charge in [0.1, 0.15) is 0 Å². The molecule has 0 aliphatic carbocycles. The summed E-state index contributed by atoms with van der Waals surface area (Å²) in [7, 11) is -3.76. The van der Waals surface area contributed by atoms with Crippen molar-refractivity contribution in [3.05, 3.63) is 59.7 Å². The van der Waals surface area contributed by atoms with Crippen molar-refractivity contribution in [2.75, 3.05) is 12.3 Å². The molecule has 0 radical (unpaired) electrons. The molecule has 4 N–H and O–H groups in total. The van der Waals surface area contributed by atoms with E-state index in [2.05, 4.69) is 4.72 Å². The van der Waals surface area contributed by atoms with E-state index in [-0.39, 0.29) is 11.5 Å². The lowest BCUT2D eigenvalue weighted by Gasteiger charge is -2.18. The van der Waals surface area contributed by atoms with Gasteiger partial charge in [0.15, 0.2) is 0 Å². The fourth-order valence-corrected chi connectivity index (χ4v) is 3.56. The van der Waals surface area contributed by atoms with E-state index in [0.29, 0.717) is 16.8 Å². The van der Waals surface area contributed by atoms with Crippen LogP contribution >= 0.6 is 0 Å². The van der Waals surface area contributed by atoms with Gasteiger partial charge in [-0.3, -0.25) is 0 Å². The summed E-state index contributed by atoms with van der Waals surface area (Å²) < 4.78 is 27.5. The molecule has 2 aromatic carbocycles. The second-order valence-corrected chi connectivity index (χ2v) is 6.42. The number of aliphatic hydroxyl groups is 1. The molecule has 112 valence electrons. The molecule has 0 bridgehead atoms. The fraction of sp³-hybridized carbons (Fsp3) is 0.200. The van der Waals surface area contributed by atoms with E-state index in [4.69, 9.17) is 5.73 Å². The lowest BCUT2D eigenvalue weighted by Crippen LogP contribution is -2.31. The minimum absolute atomic E-state index is 0.122. The molecule has 0 aromatic heterocycles. The van der Waals surface area contributed by atoms with Crippen LogP contribution in [0.1, 0.15) is 17.2 Å². The number of rotatable bonds is 5. The molecule has 0 amide bonds. The first kappa shape index (κ1) is 15.5. The van der Waals surface area contributed by atoms with Crippen LogP contribution in [0.15, 0.2) is 53.4 Å². The van der Waals surface area contributed by atoms with Gasteiger partial charge in [0.2, 0.25) is 10.0 Å². The van der Waals surface area contributed by atoms with Crippen molar-refractivity contribution in [3.8, 4) is 0 Å². The summed E-state index contributed by atoms with van der Waals surface area (Å²) >= 11 is 0. The number of sulfonamides is 1. The summed E-state index contributed by atoms with van der Waals surface area (Å²) in [6.07, 6.45) is 0. The largest absolute Gasteiger partial charge is 0.398 e. The number of aliphatic hydroxyl groups excluding tert-OH is 1. The summed E-state index contributed by atoms with van der Waals surface area (Å²) in [5, 5.41) is 9.46. The Kier molecular flexibility index (Phi) is 4.62. The standard InChI is InChI=1S/C15H18N2O3S/c1-11-13(16)8-5-9-15(11)21(19,20)17-14(10-18)12-6-3-2-4-7-12/h2-9,14,17-18H,10,16H2,1H3/t14-/m0/s1. The molecule has 0 heterocycles. The summed E-state index contributed by atoms with van der Waals surface area (Å²) in [6, 6.07) is 13.0. The monoisotopic (exact) mass is 306 g/mol. The Morgan fingerprint density at radius 2 is 1.81 bits per heavy atom. The van der Waals surface area contributed by atoms with Gasteiger partial charge in [0.25, 0.3) is 0 Å². The Morgan fingerprint density at radius 3 is 2.43 bits per heavy atom. The van der Waals surface area contributed by atoms with E-state index in [1.807, 2.05) is 6.07 Å². The van der Waals surface area contributed by atoms with Gasteiger partial charge in [-0.05, 0) is 30.2 Å². The van der Waals surface area contributed by atoms with E-state index < -0.39 is 16.1 Å². The molecule has 0 fully saturated rings. The zero-order valence-electron chi connectivity index (χ0n) is 11.7. The number of hydrogen-bond acceptors (Lipinski definition) is 4. The Morgan fingerprint density at radius 1 is 1.14 bits per heavy atom. The van der Waals surface area contributed by atoms with Crippen LogP contribution in [0.5, 0.6) is 0 Å². The predicted molar refractivity (Wildman–Crippen MR) is 82.2 cm³/mol. The second kappa shape index (κ2) is 6.26. The molecule has 0 saturated carbocycles. The van der Waals surface area contributed by atoms with Gasteiger partial charge in [-0.1, -0.05) is 36.4 Å². The maximum Gasteiger partial charge on any atom is 0.241 e. The van der Waals surface area contributed by atoms with E-state index in [0.717, 1.165) is 0 Å². The molecular weight excluding hydrogens is 288 g/mol. The zero-order chi connectivity index (χ0) is 15.5. The first-order chi connectivity index (χ1) is 9.95. The van der Waals surface area contributed by atoms with E-state index in [1.54, 1.807) is 43.3 Å². The molecule has 5 nitrogen and oxygen atoms in total. The molecule has 2 aromatic rings. The third-order valence-electron chi connectivity index (χ3n) is 3.30. The van der Waals surface area contributed by atoms with Crippen molar-refractivity contribution >= 4 is 15.7 Å². The van der Waals surface area contributed by atoms with Gasteiger partial charge in [-0.15, -0.1) is 0 Å². The fourth-order valence-electron chi connectivity index (χ4n) is 2.07. The number of anilines is 1. The summed E-state index contributed by atoms with van der Waals surface area (Å²) in [5.74, 6) is 0. The lowest BCUT2D eigenvalue weighted by atomic mass is 10.1. The molecule has 0 aliphatic rings. The molecule has 0 aliphatic heterocycles. The van der Waals surface area contributed by atoms with E-state index in [1.165, 1.54) is 6.07 Å². The molecule has 21 heavy (non-hydrogen) atoms. The minimum atomic E-state index is -3.76. The topological polar surface area (TPSA) is 92.4 Å². The van der Waals surface area contributed by atoms with Gasteiger partial charge in [0, 0.05) is 5.69 Å². The van der Waals surface area contributed by atoms with Crippen molar-refractivity contribution < 1.29 is 13.5 Å². The molecule has 0 saturated heterocycles. The highest BCUT2D eigenvalue weighted by atomic mass is 32.2. The van der Waals surface area contributed by atoms with Crippen LogP contribution in [0.4, 0.5) is 5.69 Å². The summed E-state index contributed by atoms with van der Waals surface area (Å²) in [5.41, 5.74) is 7.36. The van der Waals surface area contributed by atoms with Crippen LogP contribution in [0.3, 0.4) is 0 Å². The smallest absolute Gasteiger partial charge is 0.241 e. The Hall–Kier alpha value is -1.89. The third-order valence-corrected chi connectivity index (χ3v) is 4.91. The molecule has 6 heteroatoms. The zero-order valence-corrected chi connectivity index (χ0v) is 12.5. The maximum atomic E-state index is 12.5. The van der Waals surface area contributed by atoms with Crippen molar-refractivity contribution in [2.45, 2.75) is 17.9 Å². The van der Waals surface area contributed by atoms with Gasteiger partial charge in [-0.2, -0.15) is 0 Å². The number of hydrogen-bond donors (Lipinski definition) is 3. The van der Waals surface area contributed by atoms with Crippen molar-refractivity contribution in [2.24, 2.45) is 0 Å². The van der Waals surface area contributed by atoms with Crippen LogP contribution in [-0.2, 0) is 10.0 Å². The number of nitrogens with two attached hydrogens (primary N) is 1. The molecule has 1 atom stereocenters. The SMILES string of the molecule is Cc1c(N)cccc1S(=O)(=O)N[C@@H](CO)c1ccccc1. The molecular formula is C15H18N2O3S. The van der Waals surface area contributed by atoms with Crippen molar-refractivity contribution in [1.82, 2.24) is 4.72 Å². The predicted octanol–water partition coefficient (Wildman–Crippen LogP) is 1.59. The Bertz CT molecular complexity index is 715. The van der Waals surface area contributed by atoms with Crippen LogP contribution < -0.4 is 10.5 Å². The summed E-state index contributed by atoms with van der Waals surface area (Å²) in [6.45, 7) is 1.32. The van der Waals surface area contributed by atoms with Crippen LogP contribution in [0.2, 0.25) is 0 Å². The third kappa shape index (κ3) is 3.41. The minimum Gasteiger partial charge on any atom is -0.398 e. The first-order valence-electron chi connectivity index (χ1n) is 6.49. The Labute approximate surface area is 124 Å². The molecule has 0 unspecified atom stereocenters. The lowest BCUT2D eigenvalue weighted by molar-refractivity contribution is 0.259. The van der Waals surface area contributed by atoms with Gasteiger partial charge >= 0.3 is 0 Å². The van der Waals surface area contributed by atoms with Crippen LogP contribution in [0.25, 0.3) is 0 Å². The van der Waals surface area contributed by atoms with Gasteiger partial charge in [-0.25, -0.2) is 13.1 Å². The number of benzene rings is 2. The number of nitrogen functional groups attached to an aromatic ring is 1. The maximum absolute atomic E-state index is 12.5. The van der Waals surface area contributed by atoms with Crippen molar-refractivity contribution in [3.63, 3.8) is 0 Å². The van der Waals surface area contributed by atoms with Crippen molar-refractivity contribution in [1.29, 1.82) is 0 Å². The average molecular weight is 306 g/mol. The highest BCUT2D eigenvalue weighted by molar-refractivity contribution is 7.89. The highest BCUT2D eigenvalue weighted by Crippen LogP contribution is 2.22. The normalized spacial score (nSPS) is 13.0. The number of nitrogens with one attached hydrogen (secondary N) is 1. The molecule has 0 spiro atoms. The quantitative estimate of drug-likeness (QED) is 0.731. The van der Waals surface area contributed by atoms with Gasteiger partial charge < -0.3 is 10.8 Å². The second-order valence-electron chi connectivity index (χ2n) is 4.74. The Balaban J connectivity index is 2.34. The first-order valence-corrected chi connectivity index (χ1v) is 7.97. The average Bonchev–Trinajstić information content (AvgIpc) is 2.48. The molecule has 2 rings (SSSR count). The van der Waals surface area contributed by atoms with Crippen LogP contribution in [-0.4, -0.2) is 20.1 Å². The van der Waals surface area contributed by atoms with E-state index >= 15 is 0 Å². The summed E-state index contributed by atoms with van der Waals surface area (Å²) in [4.78, 5) is 0.122. The van der Waals surface area contributed by atoms with Crippen LogP contribution in [0, 0.1) is 6.92 Å². The van der Waals surface area contributed by atoms with Gasteiger partial charge in [0.05, 0.1) is 17.5 Å².